The van der Waals surface area contributed by atoms with E-state index in [2.05, 4.69) is 11.2 Å². The minimum absolute atomic E-state index is 0.116. The molecule has 13 heavy (non-hydrogen) atoms. The highest BCUT2D eigenvalue weighted by Crippen LogP contribution is 2.15. The van der Waals surface area contributed by atoms with E-state index in [0.29, 0.717) is 13.0 Å². The number of hydrogen-bond acceptors (Lipinski definition) is 2. The fraction of sp³-hybridized carbons (Fsp3) is 0.556. The first-order valence-electron chi connectivity index (χ1n) is 4.13. The predicted octanol–water partition coefficient (Wildman–Crippen LogP) is -0.786. The molecule has 70 valence electrons. The molecule has 0 spiro atoms. The standard InChI is InChI=1S/C9H12N2O2/c1-3-5-10-8(12)7-4-6-11(2)9(7)13/h1,7H,4-6H2,2H3,(H,10,12). The van der Waals surface area contributed by atoms with E-state index in [-0.39, 0.29) is 18.4 Å². The fourth-order valence-corrected chi connectivity index (χ4v) is 1.33. The molecule has 1 unspecified atom stereocenters. The lowest BCUT2D eigenvalue weighted by atomic mass is 10.1. The van der Waals surface area contributed by atoms with E-state index >= 15 is 0 Å². The van der Waals surface area contributed by atoms with Gasteiger partial charge < -0.3 is 10.2 Å². The summed E-state index contributed by atoms with van der Waals surface area (Å²) < 4.78 is 0. The number of nitrogens with zero attached hydrogens (tertiary/aromatic N) is 1. The molecule has 0 bridgehead atoms. The summed E-state index contributed by atoms with van der Waals surface area (Å²) in [5, 5.41) is 2.50. The smallest absolute Gasteiger partial charge is 0.234 e. The summed E-state index contributed by atoms with van der Waals surface area (Å²) in [5.74, 6) is 1.39. The SMILES string of the molecule is C#CCNC(=O)C1CCN(C)C1=O. The van der Waals surface area contributed by atoms with Gasteiger partial charge in [-0.05, 0) is 6.42 Å². The Kier molecular flexibility index (Phi) is 2.91. The number of carbonyl (C=O) groups excluding carboxylic acids is 2. The lowest BCUT2D eigenvalue weighted by Gasteiger charge is -2.09. The summed E-state index contributed by atoms with van der Waals surface area (Å²) in [6.45, 7) is 0.833. The van der Waals surface area contributed by atoms with Crippen molar-refractivity contribution in [2.24, 2.45) is 5.92 Å². The van der Waals surface area contributed by atoms with E-state index in [9.17, 15) is 9.59 Å². The van der Waals surface area contributed by atoms with Gasteiger partial charge in [-0.15, -0.1) is 6.42 Å². The molecule has 1 rings (SSSR count). The summed E-state index contributed by atoms with van der Waals surface area (Å²) in [6, 6.07) is 0. The lowest BCUT2D eigenvalue weighted by molar-refractivity contribution is -0.136. The molecule has 4 nitrogen and oxygen atoms in total. The summed E-state index contributed by atoms with van der Waals surface area (Å²) in [6.07, 6.45) is 5.57. The Morgan fingerprint density at radius 1 is 1.85 bits per heavy atom. The molecular weight excluding hydrogens is 168 g/mol. The van der Waals surface area contributed by atoms with E-state index in [0.717, 1.165) is 0 Å². The molecule has 1 N–H and O–H groups in total. The Labute approximate surface area is 77.3 Å². The van der Waals surface area contributed by atoms with E-state index in [1.807, 2.05) is 0 Å². The molecule has 1 atom stereocenters. The third-order valence-electron chi connectivity index (χ3n) is 2.11. The minimum atomic E-state index is -0.529. The summed E-state index contributed by atoms with van der Waals surface area (Å²) >= 11 is 0. The van der Waals surface area contributed by atoms with Crippen LogP contribution in [0.25, 0.3) is 0 Å². The second kappa shape index (κ2) is 3.94. The van der Waals surface area contributed by atoms with Gasteiger partial charge in [-0.25, -0.2) is 0 Å². The van der Waals surface area contributed by atoms with Crippen molar-refractivity contribution >= 4 is 11.8 Å². The Balaban J connectivity index is 2.49. The Bertz CT molecular complexity index is 267. The Hall–Kier alpha value is -1.50. The van der Waals surface area contributed by atoms with Crippen LogP contribution in [0.2, 0.25) is 0 Å². The van der Waals surface area contributed by atoms with Crippen LogP contribution in [0.5, 0.6) is 0 Å². The van der Waals surface area contributed by atoms with Crippen LogP contribution in [-0.2, 0) is 9.59 Å². The van der Waals surface area contributed by atoms with Crippen molar-refractivity contribution in [1.29, 1.82) is 0 Å². The van der Waals surface area contributed by atoms with Crippen molar-refractivity contribution in [2.45, 2.75) is 6.42 Å². The Morgan fingerprint density at radius 3 is 3.00 bits per heavy atom. The van der Waals surface area contributed by atoms with Crippen LogP contribution >= 0.6 is 0 Å². The van der Waals surface area contributed by atoms with Crippen molar-refractivity contribution in [3.05, 3.63) is 0 Å². The van der Waals surface area contributed by atoms with Crippen molar-refractivity contribution in [2.75, 3.05) is 20.1 Å². The second-order valence-corrected chi connectivity index (χ2v) is 3.02. The quantitative estimate of drug-likeness (QED) is 0.447. The number of terminal acetylenes is 1. The van der Waals surface area contributed by atoms with Crippen LogP contribution in [0.3, 0.4) is 0 Å². The third-order valence-corrected chi connectivity index (χ3v) is 2.11. The molecule has 1 aliphatic heterocycles. The largest absolute Gasteiger partial charge is 0.345 e. The molecular formula is C9H12N2O2. The molecule has 4 heteroatoms. The van der Waals surface area contributed by atoms with Gasteiger partial charge >= 0.3 is 0 Å². The van der Waals surface area contributed by atoms with Crippen molar-refractivity contribution in [3.8, 4) is 12.3 Å². The predicted molar refractivity (Wildman–Crippen MR) is 47.6 cm³/mol. The highest BCUT2D eigenvalue weighted by molar-refractivity contribution is 6.01. The summed E-state index contributed by atoms with van der Waals surface area (Å²) in [5.41, 5.74) is 0. The number of likely N-dealkylation sites (tertiary alicyclic amines) is 1. The van der Waals surface area contributed by atoms with Crippen molar-refractivity contribution < 1.29 is 9.59 Å². The number of hydrogen-bond donors (Lipinski definition) is 1. The maximum atomic E-state index is 11.3. The molecule has 1 heterocycles. The molecule has 1 fully saturated rings. The molecule has 0 aliphatic carbocycles. The normalized spacial score (nSPS) is 21.4. The summed E-state index contributed by atoms with van der Waals surface area (Å²) in [7, 11) is 1.69. The molecule has 0 aromatic rings. The van der Waals surface area contributed by atoms with Gasteiger partial charge in [0.25, 0.3) is 0 Å². The molecule has 2 amide bonds. The number of amides is 2. The van der Waals surface area contributed by atoms with Crippen LogP contribution in [-0.4, -0.2) is 36.9 Å². The van der Waals surface area contributed by atoms with Gasteiger partial charge in [-0.3, -0.25) is 9.59 Å². The van der Waals surface area contributed by atoms with Crippen LogP contribution in [0, 0.1) is 18.3 Å². The van der Waals surface area contributed by atoms with Gasteiger partial charge in [0.05, 0.1) is 6.54 Å². The first-order valence-corrected chi connectivity index (χ1v) is 4.13. The third kappa shape index (κ3) is 2.00. The average Bonchev–Trinajstić information content (AvgIpc) is 2.44. The first-order chi connectivity index (χ1) is 6.16. The van der Waals surface area contributed by atoms with E-state index < -0.39 is 5.92 Å². The molecule has 0 aromatic heterocycles. The molecule has 0 aromatic carbocycles. The van der Waals surface area contributed by atoms with Crippen molar-refractivity contribution in [1.82, 2.24) is 10.2 Å². The van der Waals surface area contributed by atoms with Gasteiger partial charge in [-0.2, -0.15) is 0 Å². The first kappa shape index (κ1) is 9.59. The molecule has 1 aliphatic rings. The summed E-state index contributed by atoms with van der Waals surface area (Å²) in [4.78, 5) is 24.2. The van der Waals surface area contributed by atoms with Crippen molar-refractivity contribution in [3.63, 3.8) is 0 Å². The van der Waals surface area contributed by atoms with Crippen LogP contribution in [0.1, 0.15) is 6.42 Å². The van der Waals surface area contributed by atoms with Crippen LogP contribution < -0.4 is 5.32 Å². The maximum absolute atomic E-state index is 11.3. The molecule has 0 radical (unpaired) electrons. The lowest BCUT2D eigenvalue weighted by Crippen LogP contribution is -2.35. The monoisotopic (exact) mass is 180 g/mol. The van der Waals surface area contributed by atoms with Gasteiger partial charge in [0, 0.05) is 13.6 Å². The van der Waals surface area contributed by atoms with E-state index in [1.165, 1.54) is 0 Å². The zero-order chi connectivity index (χ0) is 9.84. The van der Waals surface area contributed by atoms with Crippen LogP contribution in [0.4, 0.5) is 0 Å². The highest BCUT2D eigenvalue weighted by Gasteiger charge is 2.34. The number of nitrogens with one attached hydrogen (secondary N) is 1. The minimum Gasteiger partial charge on any atom is -0.345 e. The zero-order valence-electron chi connectivity index (χ0n) is 7.54. The van der Waals surface area contributed by atoms with E-state index in [1.54, 1.807) is 11.9 Å². The van der Waals surface area contributed by atoms with Gasteiger partial charge in [-0.1, -0.05) is 5.92 Å². The van der Waals surface area contributed by atoms with Gasteiger partial charge in [0.15, 0.2) is 0 Å². The average molecular weight is 180 g/mol. The van der Waals surface area contributed by atoms with Gasteiger partial charge in [0.2, 0.25) is 11.8 Å². The second-order valence-electron chi connectivity index (χ2n) is 3.02. The fourth-order valence-electron chi connectivity index (χ4n) is 1.33. The van der Waals surface area contributed by atoms with Crippen LogP contribution in [0.15, 0.2) is 0 Å². The Morgan fingerprint density at radius 2 is 2.54 bits per heavy atom. The number of rotatable bonds is 2. The van der Waals surface area contributed by atoms with E-state index in [4.69, 9.17) is 6.42 Å². The maximum Gasteiger partial charge on any atom is 0.234 e. The number of carbonyl (C=O) groups is 2. The molecule has 1 saturated heterocycles. The highest BCUT2D eigenvalue weighted by atomic mass is 16.2. The zero-order valence-corrected chi connectivity index (χ0v) is 7.54. The topological polar surface area (TPSA) is 49.4 Å². The van der Waals surface area contributed by atoms with Gasteiger partial charge in [0.1, 0.15) is 5.92 Å². The molecule has 0 saturated carbocycles.